The molecule has 1 atom stereocenters. The van der Waals surface area contributed by atoms with Crippen LogP contribution in [0, 0.1) is 12.7 Å². The minimum atomic E-state index is -3.50. The molecule has 0 spiro atoms. The van der Waals surface area contributed by atoms with Crippen molar-refractivity contribution in [3.63, 3.8) is 0 Å². The number of carboxylic acid groups (broad SMARTS) is 1. The van der Waals surface area contributed by atoms with E-state index in [1.54, 1.807) is 0 Å². The summed E-state index contributed by atoms with van der Waals surface area (Å²) in [6, 6.07) is 2.21. The van der Waals surface area contributed by atoms with E-state index >= 15 is 0 Å². The third kappa shape index (κ3) is 1.22. The number of rotatable bonds is 1. The summed E-state index contributed by atoms with van der Waals surface area (Å²) in [5, 5.41) is 7.49. The van der Waals surface area contributed by atoms with Crippen molar-refractivity contribution in [3.8, 4) is 0 Å². The van der Waals surface area contributed by atoms with Gasteiger partial charge in [-0.15, -0.1) is 0 Å². The summed E-state index contributed by atoms with van der Waals surface area (Å²) in [5.41, 5.74) is 0.405. The zero-order valence-electron chi connectivity index (χ0n) is 8.09. The second-order valence-electron chi connectivity index (χ2n) is 3.49. The second-order valence-corrected chi connectivity index (χ2v) is 3.49. The first kappa shape index (κ1) is 10.7. The largest absolute Gasteiger partial charge is 0.477 e. The number of benzene rings is 1. The first-order chi connectivity index (χ1) is 7.36. The van der Waals surface area contributed by atoms with Crippen LogP contribution in [0.15, 0.2) is 17.1 Å². The Hall–Kier alpha value is -1.85. The van der Waals surface area contributed by atoms with Gasteiger partial charge in [-0.25, -0.2) is 18.6 Å². The number of carboxylic acids is 1. The van der Waals surface area contributed by atoms with Gasteiger partial charge >= 0.3 is 11.8 Å². The van der Waals surface area contributed by atoms with E-state index in [9.17, 15) is 18.0 Å². The predicted octanol–water partition coefficient (Wildman–Crippen LogP) is 0.595. The number of fused-ring (bicyclic) bond motifs is 1. The smallest absolute Gasteiger partial charge is 0.372 e. The highest BCUT2D eigenvalue weighted by Gasteiger charge is 2.47. The van der Waals surface area contributed by atoms with Gasteiger partial charge in [0, 0.05) is 0 Å². The molecule has 6 heteroatoms. The Kier molecular flexibility index (Phi) is 2.04. The average Bonchev–Trinajstić information content (AvgIpc) is 2.39. The van der Waals surface area contributed by atoms with Crippen molar-refractivity contribution >= 4 is 11.8 Å². The summed E-state index contributed by atoms with van der Waals surface area (Å²) in [6.07, 6.45) is 0. The lowest BCUT2D eigenvalue weighted by Crippen LogP contribution is -2.31. The van der Waals surface area contributed by atoms with Crippen LogP contribution in [-0.4, -0.2) is 16.9 Å². The first-order valence-electron chi connectivity index (χ1n) is 4.35. The molecule has 1 N–H and O–H groups in total. The molecular formula is C10H6F3NO2. The molecule has 0 fully saturated rings. The number of hydrogen-bond donors (Lipinski definition) is 1. The fraction of sp³-hybridized carbons (Fsp3) is 0.200. The van der Waals surface area contributed by atoms with Crippen LogP contribution in [-0.2, 0) is 4.79 Å². The van der Waals surface area contributed by atoms with E-state index in [1.807, 2.05) is 0 Å². The van der Waals surface area contributed by atoms with Crippen LogP contribution in [0.1, 0.15) is 5.56 Å². The maximum Gasteiger partial charge on any atom is 0.372 e. The Morgan fingerprint density at radius 1 is 1.44 bits per heavy atom. The molecule has 1 aromatic rings. The van der Waals surface area contributed by atoms with Gasteiger partial charge in [-0.3, -0.25) is 0 Å². The fourth-order valence-corrected chi connectivity index (χ4v) is 1.55. The Morgan fingerprint density at radius 2 is 2.06 bits per heavy atom. The third-order valence-electron chi connectivity index (χ3n) is 2.28. The van der Waals surface area contributed by atoms with E-state index in [0.717, 1.165) is 6.07 Å². The van der Waals surface area contributed by atoms with Gasteiger partial charge < -0.3 is 5.11 Å². The SMILES string of the molecule is Cc1cc(F)c2c(c1)=NC(F)(C(=O)O)C=2F. The van der Waals surface area contributed by atoms with Crippen LogP contribution in [0.25, 0.3) is 5.83 Å². The summed E-state index contributed by atoms with van der Waals surface area (Å²) >= 11 is 0. The van der Waals surface area contributed by atoms with E-state index in [2.05, 4.69) is 4.99 Å². The molecule has 1 aromatic carbocycles. The van der Waals surface area contributed by atoms with Gasteiger partial charge in [0.2, 0.25) is 0 Å². The summed E-state index contributed by atoms with van der Waals surface area (Å²) < 4.78 is 40.4. The Morgan fingerprint density at radius 3 is 2.62 bits per heavy atom. The molecular weight excluding hydrogens is 223 g/mol. The van der Waals surface area contributed by atoms with E-state index in [0.29, 0.717) is 5.56 Å². The molecule has 1 heterocycles. The second kappa shape index (κ2) is 3.07. The summed E-state index contributed by atoms with van der Waals surface area (Å²) in [7, 11) is 0. The van der Waals surface area contributed by atoms with Crippen LogP contribution in [0.2, 0.25) is 0 Å². The maximum absolute atomic E-state index is 13.6. The minimum absolute atomic E-state index is 0.320. The van der Waals surface area contributed by atoms with Crippen LogP contribution in [0.5, 0.6) is 0 Å². The van der Waals surface area contributed by atoms with Gasteiger partial charge in [0.1, 0.15) is 5.82 Å². The topological polar surface area (TPSA) is 49.7 Å². The molecule has 3 nitrogen and oxygen atoms in total. The van der Waals surface area contributed by atoms with Gasteiger partial charge in [0.05, 0.1) is 10.6 Å². The lowest BCUT2D eigenvalue weighted by Gasteiger charge is -2.08. The van der Waals surface area contributed by atoms with Gasteiger partial charge in [-0.2, -0.15) is 4.39 Å². The van der Waals surface area contributed by atoms with Gasteiger partial charge in [0.25, 0.3) is 0 Å². The van der Waals surface area contributed by atoms with E-state index in [4.69, 9.17) is 5.11 Å². The van der Waals surface area contributed by atoms with E-state index in [-0.39, 0.29) is 5.36 Å². The standard InChI is InChI=1S/C10H6F3NO2/c1-4-2-5(11)7-6(3-4)14-10(13,8(7)12)9(15)16/h2-3H,1H3,(H,15,16). The molecule has 0 saturated carbocycles. The zero-order chi connectivity index (χ0) is 12.1. The highest BCUT2D eigenvalue weighted by molar-refractivity contribution is 5.88. The molecule has 0 amide bonds. The maximum atomic E-state index is 13.6. The highest BCUT2D eigenvalue weighted by Crippen LogP contribution is 2.27. The molecule has 84 valence electrons. The fourth-order valence-electron chi connectivity index (χ4n) is 1.55. The molecule has 0 aromatic heterocycles. The van der Waals surface area contributed by atoms with Crippen molar-refractivity contribution in [2.45, 2.75) is 12.7 Å². The molecule has 2 rings (SSSR count). The molecule has 1 aliphatic rings. The van der Waals surface area contributed by atoms with Crippen molar-refractivity contribution in [2.75, 3.05) is 0 Å². The van der Waals surface area contributed by atoms with Gasteiger partial charge in [-0.05, 0) is 24.6 Å². The van der Waals surface area contributed by atoms with Crippen molar-refractivity contribution in [2.24, 2.45) is 4.99 Å². The van der Waals surface area contributed by atoms with Crippen molar-refractivity contribution in [1.29, 1.82) is 0 Å². The number of carbonyl (C=O) groups is 1. The van der Waals surface area contributed by atoms with Crippen LogP contribution < -0.4 is 10.6 Å². The summed E-state index contributed by atoms with van der Waals surface area (Å²) in [5.74, 6) is -8.33. The molecule has 0 aliphatic carbocycles. The normalized spacial score (nSPS) is 22.9. The molecule has 1 aliphatic heterocycles. The van der Waals surface area contributed by atoms with Gasteiger partial charge in [-0.1, -0.05) is 0 Å². The summed E-state index contributed by atoms with van der Waals surface area (Å²) in [6.45, 7) is 1.51. The predicted molar refractivity (Wildman–Crippen MR) is 47.9 cm³/mol. The molecule has 0 saturated heterocycles. The first-order valence-corrected chi connectivity index (χ1v) is 4.35. The number of nitrogens with zero attached hydrogens (tertiary/aromatic N) is 1. The van der Waals surface area contributed by atoms with Crippen molar-refractivity contribution < 1.29 is 23.1 Å². The van der Waals surface area contributed by atoms with E-state index < -0.39 is 28.6 Å². The quantitative estimate of drug-likeness (QED) is 0.717. The van der Waals surface area contributed by atoms with Crippen molar-refractivity contribution in [3.05, 3.63) is 34.1 Å². The van der Waals surface area contributed by atoms with Crippen LogP contribution in [0.4, 0.5) is 13.2 Å². The Balaban J connectivity index is 2.91. The average molecular weight is 229 g/mol. The molecule has 16 heavy (non-hydrogen) atoms. The highest BCUT2D eigenvalue weighted by atomic mass is 19.2. The molecule has 0 radical (unpaired) electrons. The zero-order valence-corrected chi connectivity index (χ0v) is 8.09. The minimum Gasteiger partial charge on any atom is -0.477 e. The lowest BCUT2D eigenvalue weighted by molar-refractivity contribution is -0.147. The third-order valence-corrected chi connectivity index (χ3v) is 2.28. The number of aryl methyl sites for hydroxylation is 1. The van der Waals surface area contributed by atoms with Crippen LogP contribution >= 0.6 is 0 Å². The number of hydrogen-bond acceptors (Lipinski definition) is 2. The summed E-state index contributed by atoms with van der Waals surface area (Å²) in [4.78, 5) is 13.6. The van der Waals surface area contributed by atoms with E-state index in [1.165, 1.54) is 13.0 Å². The number of alkyl halides is 1. The Bertz CT molecular complexity index is 611. The molecule has 1 unspecified atom stereocenters. The van der Waals surface area contributed by atoms with Gasteiger partial charge in [0.15, 0.2) is 5.83 Å². The number of halogens is 3. The van der Waals surface area contributed by atoms with Crippen molar-refractivity contribution in [1.82, 2.24) is 0 Å². The molecule has 0 bridgehead atoms. The number of aliphatic carboxylic acids is 1. The van der Waals surface area contributed by atoms with Crippen LogP contribution in [0.3, 0.4) is 0 Å². The monoisotopic (exact) mass is 229 g/mol. The Labute approximate surface area is 87.5 Å². The lowest BCUT2D eigenvalue weighted by atomic mass is 10.1.